The van der Waals surface area contributed by atoms with E-state index >= 15 is 0 Å². The summed E-state index contributed by atoms with van der Waals surface area (Å²) in [5.41, 5.74) is 3.40. The maximum atomic E-state index is 11.9. The average molecular weight is 253 g/mol. The summed E-state index contributed by atoms with van der Waals surface area (Å²) in [4.78, 5) is 15.9. The molecule has 0 saturated heterocycles. The van der Waals surface area contributed by atoms with E-state index in [2.05, 4.69) is 17.1 Å². The molecule has 2 heteroatoms. The number of hydrogen-bond donors (Lipinski definition) is 0. The van der Waals surface area contributed by atoms with Crippen LogP contribution in [0.5, 0.6) is 0 Å². The van der Waals surface area contributed by atoms with Crippen molar-refractivity contribution in [1.29, 1.82) is 0 Å². The lowest BCUT2D eigenvalue weighted by atomic mass is 9.93. The Labute approximate surface area is 114 Å². The van der Waals surface area contributed by atoms with Gasteiger partial charge in [-0.05, 0) is 35.2 Å². The number of nitrogens with zero attached hydrogens (tertiary/aromatic N) is 1. The first-order chi connectivity index (χ1) is 9.22. The lowest BCUT2D eigenvalue weighted by Gasteiger charge is -2.11. The number of aromatic nitrogens is 1. The summed E-state index contributed by atoms with van der Waals surface area (Å²) in [6.07, 6.45) is 5.15. The van der Waals surface area contributed by atoms with Gasteiger partial charge in [0.15, 0.2) is 0 Å². The van der Waals surface area contributed by atoms with E-state index in [1.807, 2.05) is 38.1 Å². The molecule has 1 aromatic carbocycles. The zero-order chi connectivity index (χ0) is 13.7. The highest BCUT2D eigenvalue weighted by Crippen LogP contribution is 2.23. The fourth-order valence-corrected chi connectivity index (χ4v) is 2.16. The Morgan fingerprint density at radius 2 is 1.63 bits per heavy atom. The van der Waals surface area contributed by atoms with Crippen LogP contribution in [0.3, 0.4) is 0 Å². The van der Waals surface area contributed by atoms with Crippen molar-refractivity contribution < 1.29 is 4.79 Å². The normalized spacial score (nSPS) is 12.1. The highest BCUT2D eigenvalue weighted by Gasteiger charge is 2.13. The van der Waals surface area contributed by atoms with Gasteiger partial charge in [0.1, 0.15) is 5.78 Å². The van der Waals surface area contributed by atoms with Crippen molar-refractivity contribution in [2.75, 3.05) is 0 Å². The van der Waals surface area contributed by atoms with Crippen LogP contribution in [0.4, 0.5) is 0 Å². The molecular formula is C17H19NO. The average Bonchev–Trinajstić information content (AvgIpc) is 2.48. The molecule has 1 unspecified atom stereocenters. The zero-order valence-electron chi connectivity index (χ0n) is 11.5. The van der Waals surface area contributed by atoms with Gasteiger partial charge in [0.25, 0.3) is 0 Å². The van der Waals surface area contributed by atoms with Crippen LogP contribution >= 0.6 is 0 Å². The number of Topliss-reactive ketones (excluding diaryl/α,β-unsaturated/α-hetero) is 1. The molecule has 19 heavy (non-hydrogen) atoms. The van der Waals surface area contributed by atoms with E-state index in [0.717, 1.165) is 23.1 Å². The molecule has 98 valence electrons. The summed E-state index contributed by atoms with van der Waals surface area (Å²) in [5.74, 6) is 0.311. The van der Waals surface area contributed by atoms with Gasteiger partial charge in [-0.25, -0.2) is 0 Å². The van der Waals surface area contributed by atoms with E-state index in [4.69, 9.17) is 0 Å². The van der Waals surface area contributed by atoms with Gasteiger partial charge in [0.2, 0.25) is 0 Å². The Kier molecular flexibility index (Phi) is 4.45. The van der Waals surface area contributed by atoms with E-state index in [9.17, 15) is 4.79 Å². The van der Waals surface area contributed by atoms with Crippen molar-refractivity contribution in [1.82, 2.24) is 4.98 Å². The van der Waals surface area contributed by atoms with Crippen LogP contribution in [0.25, 0.3) is 11.1 Å². The van der Waals surface area contributed by atoms with Crippen molar-refractivity contribution >= 4 is 5.78 Å². The van der Waals surface area contributed by atoms with Gasteiger partial charge in [0.05, 0.1) is 0 Å². The van der Waals surface area contributed by atoms with Crippen LogP contribution in [0.15, 0.2) is 48.8 Å². The number of ketones is 1. The summed E-state index contributed by atoms with van der Waals surface area (Å²) < 4.78 is 0. The topological polar surface area (TPSA) is 30.0 Å². The standard InChI is InChI=1S/C17H19NO/c1-3-4-17(19)13(2)14-5-7-15(8-6-14)16-9-11-18-12-10-16/h5-13H,3-4H2,1-2H3. The van der Waals surface area contributed by atoms with Gasteiger partial charge >= 0.3 is 0 Å². The second kappa shape index (κ2) is 6.28. The summed E-state index contributed by atoms with van der Waals surface area (Å²) in [6, 6.07) is 12.2. The Morgan fingerprint density at radius 1 is 1.05 bits per heavy atom. The van der Waals surface area contributed by atoms with Gasteiger partial charge in [0, 0.05) is 24.7 Å². The summed E-state index contributed by atoms with van der Waals surface area (Å²) in [5, 5.41) is 0. The maximum absolute atomic E-state index is 11.9. The quantitative estimate of drug-likeness (QED) is 0.798. The number of carbonyl (C=O) groups excluding carboxylic acids is 1. The molecule has 0 aliphatic rings. The zero-order valence-corrected chi connectivity index (χ0v) is 11.5. The van der Waals surface area contributed by atoms with E-state index in [1.54, 1.807) is 12.4 Å². The van der Waals surface area contributed by atoms with E-state index in [0.29, 0.717) is 12.2 Å². The highest BCUT2D eigenvalue weighted by molar-refractivity contribution is 5.85. The Bertz CT molecular complexity index is 531. The second-order valence-electron chi connectivity index (χ2n) is 4.80. The van der Waals surface area contributed by atoms with Gasteiger partial charge in [-0.1, -0.05) is 38.1 Å². The molecule has 2 rings (SSSR count). The van der Waals surface area contributed by atoms with Crippen LogP contribution in [-0.4, -0.2) is 10.8 Å². The summed E-state index contributed by atoms with van der Waals surface area (Å²) in [7, 11) is 0. The van der Waals surface area contributed by atoms with Crippen molar-refractivity contribution in [3.05, 3.63) is 54.4 Å². The molecule has 2 nitrogen and oxygen atoms in total. The van der Waals surface area contributed by atoms with Crippen molar-refractivity contribution in [2.45, 2.75) is 32.6 Å². The number of carbonyl (C=O) groups is 1. The Hall–Kier alpha value is -1.96. The summed E-state index contributed by atoms with van der Waals surface area (Å²) >= 11 is 0. The minimum atomic E-state index is -0.00793. The predicted octanol–water partition coefficient (Wildman–Crippen LogP) is 4.22. The minimum absolute atomic E-state index is 0.00793. The lowest BCUT2D eigenvalue weighted by molar-refractivity contribution is -0.120. The molecule has 0 fully saturated rings. The third kappa shape index (κ3) is 3.28. The molecule has 0 spiro atoms. The fraction of sp³-hybridized carbons (Fsp3) is 0.294. The molecule has 0 bridgehead atoms. The molecule has 1 atom stereocenters. The molecule has 0 radical (unpaired) electrons. The predicted molar refractivity (Wildman–Crippen MR) is 78.0 cm³/mol. The molecule has 0 saturated carbocycles. The molecule has 1 aromatic heterocycles. The monoisotopic (exact) mass is 253 g/mol. The van der Waals surface area contributed by atoms with E-state index in [-0.39, 0.29) is 5.92 Å². The first-order valence-corrected chi connectivity index (χ1v) is 6.75. The highest BCUT2D eigenvalue weighted by atomic mass is 16.1. The minimum Gasteiger partial charge on any atom is -0.299 e. The number of pyridine rings is 1. The molecule has 1 heterocycles. The number of hydrogen-bond acceptors (Lipinski definition) is 2. The molecule has 0 amide bonds. The summed E-state index contributed by atoms with van der Waals surface area (Å²) in [6.45, 7) is 4.02. The van der Waals surface area contributed by atoms with Crippen LogP contribution < -0.4 is 0 Å². The fourth-order valence-electron chi connectivity index (χ4n) is 2.16. The van der Waals surface area contributed by atoms with Gasteiger partial charge in [-0.15, -0.1) is 0 Å². The van der Waals surface area contributed by atoms with Gasteiger partial charge < -0.3 is 0 Å². The van der Waals surface area contributed by atoms with Crippen LogP contribution in [0, 0.1) is 0 Å². The van der Waals surface area contributed by atoms with Crippen molar-refractivity contribution in [2.24, 2.45) is 0 Å². The molecule has 0 aliphatic heterocycles. The molecular weight excluding hydrogens is 234 g/mol. The first kappa shape index (κ1) is 13.5. The largest absolute Gasteiger partial charge is 0.299 e. The molecule has 0 aliphatic carbocycles. The van der Waals surface area contributed by atoms with Crippen LogP contribution in [-0.2, 0) is 4.79 Å². The van der Waals surface area contributed by atoms with Crippen molar-refractivity contribution in [3.8, 4) is 11.1 Å². The Balaban J connectivity index is 2.17. The maximum Gasteiger partial charge on any atom is 0.140 e. The Morgan fingerprint density at radius 3 is 2.21 bits per heavy atom. The number of benzene rings is 1. The third-order valence-corrected chi connectivity index (χ3v) is 3.40. The third-order valence-electron chi connectivity index (χ3n) is 3.40. The van der Waals surface area contributed by atoms with Gasteiger partial charge in [-0.2, -0.15) is 0 Å². The van der Waals surface area contributed by atoms with Gasteiger partial charge in [-0.3, -0.25) is 9.78 Å². The molecule has 2 aromatic rings. The number of rotatable bonds is 5. The smallest absolute Gasteiger partial charge is 0.140 e. The van der Waals surface area contributed by atoms with E-state index in [1.165, 1.54) is 0 Å². The van der Waals surface area contributed by atoms with Crippen LogP contribution in [0.2, 0.25) is 0 Å². The first-order valence-electron chi connectivity index (χ1n) is 6.75. The molecule has 0 N–H and O–H groups in total. The second-order valence-corrected chi connectivity index (χ2v) is 4.80. The van der Waals surface area contributed by atoms with Crippen molar-refractivity contribution in [3.63, 3.8) is 0 Å². The van der Waals surface area contributed by atoms with E-state index < -0.39 is 0 Å². The lowest BCUT2D eigenvalue weighted by Crippen LogP contribution is -2.08. The SMILES string of the molecule is CCCC(=O)C(C)c1ccc(-c2ccncc2)cc1. The van der Waals surface area contributed by atoms with Crippen LogP contribution in [0.1, 0.15) is 38.2 Å².